The minimum Gasteiger partial charge on any atom is -0.479 e. The van der Waals surface area contributed by atoms with Crippen LogP contribution >= 0.6 is 11.3 Å². The number of carboxylic acid groups (broad SMARTS) is 1. The van der Waals surface area contributed by atoms with Crippen molar-refractivity contribution >= 4 is 27.4 Å². The largest absolute Gasteiger partial charge is 0.479 e. The monoisotopic (exact) mass is 238 g/mol. The van der Waals surface area contributed by atoms with Gasteiger partial charge in [-0.15, -0.1) is 11.3 Å². The van der Waals surface area contributed by atoms with Crippen LogP contribution in [0.5, 0.6) is 0 Å². The van der Waals surface area contributed by atoms with Crippen molar-refractivity contribution in [2.45, 2.75) is 12.2 Å². The number of aliphatic hydroxyl groups is 2. The molecule has 0 aliphatic rings. The maximum Gasteiger partial charge on any atom is 0.335 e. The van der Waals surface area contributed by atoms with Crippen molar-refractivity contribution in [1.29, 1.82) is 0 Å². The van der Waals surface area contributed by atoms with Crippen molar-refractivity contribution in [1.82, 2.24) is 0 Å². The minimum absolute atomic E-state index is 0.447. The van der Waals surface area contributed by atoms with Crippen LogP contribution in [0, 0.1) is 0 Å². The molecule has 16 heavy (non-hydrogen) atoms. The lowest BCUT2D eigenvalue weighted by atomic mass is 10.0. The summed E-state index contributed by atoms with van der Waals surface area (Å²) in [5.74, 6) is -1.43. The van der Waals surface area contributed by atoms with Crippen LogP contribution in [0.25, 0.3) is 10.1 Å². The zero-order valence-electron chi connectivity index (χ0n) is 8.20. The second-order valence-corrected chi connectivity index (χ2v) is 4.33. The Morgan fingerprint density at radius 2 is 2.00 bits per heavy atom. The number of carbonyl (C=O) groups is 1. The van der Waals surface area contributed by atoms with Gasteiger partial charge in [0.1, 0.15) is 6.10 Å². The average molecular weight is 238 g/mol. The van der Waals surface area contributed by atoms with E-state index in [1.807, 2.05) is 17.5 Å². The number of fused-ring (bicyclic) bond motifs is 1. The lowest BCUT2D eigenvalue weighted by Gasteiger charge is -2.14. The molecule has 1 heterocycles. The normalized spacial score (nSPS) is 14.9. The van der Waals surface area contributed by atoms with Crippen molar-refractivity contribution < 1.29 is 20.1 Å². The molecule has 0 bridgehead atoms. The van der Waals surface area contributed by atoms with Gasteiger partial charge in [0.25, 0.3) is 0 Å². The van der Waals surface area contributed by atoms with Gasteiger partial charge < -0.3 is 15.3 Å². The van der Waals surface area contributed by atoms with E-state index in [1.54, 1.807) is 12.1 Å². The summed E-state index contributed by atoms with van der Waals surface area (Å²) in [5, 5.41) is 30.5. The Morgan fingerprint density at radius 3 is 2.69 bits per heavy atom. The zero-order chi connectivity index (χ0) is 11.7. The van der Waals surface area contributed by atoms with E-state index in [0.717, 1.165) is 10.1 Å². The number of rotatable bonds is 3. The predicted octanol–water partition coefficient (Wildman–Crippen LogP) is 1.38. The quantitative estimate of drug-likeness (QED) is 0.755. The SMILES string of the molecule is O=C(O)C(O)C(O)c1cccc2ccsc12. The predicted molar refractivity (Wildman–Crippen MR) is 60.4 cm³/mol. The van der Waals surface area contributed by atoms with Gasteiger partial charge in [-0.3, -0.25) is 0 Å². The second kappa shape index (κ2) is 4.21. The van der Waals surface area contributed by atoms with Crippen molar-refractivity contribution in [3.05, 3.63) is 35.2 Å². The molecule has 0 spiro atoms. The topological polar surface area (TPSA) is 77.8 Å². The standard InChI is InChI=1S/C11H10O4S/c12-8(9(13)11(14)15)7-3-1-2-6-4-5-16-10(6)7/h1-5,8-9,12-13H,(H,14,15). The van der Waals surface area contributed by atoms with Crippen LogP contribution in [0.3, 0.4) is 0 Å². The van der Waals surface area contributed by atoms with Crippen LogP contribution in [0.4, 0.5) is 0 Å². The molecule has 2 atom stereocenters. The van der Waals surface area contributed by atoms with E-state index in [1.165, 1.54) is 11.3 Å². The van der Waals surface area contributed by atoms with Gasteiger partial charge in [-0.1, -0.05) is 18.2 Å². The average Bonchev–Trinajstić information content (AvgIpc) is 2.74. The summed E-state index contributed by atoms with van der Waals surface area (Å²) in [6.45, 7) is 0. The molecule has 0 aliphatic heterocycles. The van der Waals surface area contributed by atoms with E-state index in [2.05, 4.69) is 0 Å². The molecule has 1 aromatic carbocycles. The summed E-state index contributed by atoms with van der Waals surface area (Å²) >= 11 is 1.41. The molecule has 0 saturated heterocycles. The molecule has 0 fully saturated rings. The Balaban J connectivity index is 2.46. The summed E-state index contributed by atoms with van der Waals surface area (Å²) in [4.78, 5) is 10.6. The first-order valence-electron chi connectivity index (χ1n) is 4.66. The molecule has 84 valence electrons. The van der Waals surface area contributed by atoms with Gasteiger partial charge in [0, 0.05) is 10.3 Å². The number of hydrogen-bond donors (Lipinski definition) is 3. The summed E-state index contributed by atoms with van der Waals surface area (Å²) in [5.41, 5.74) is 0.447. The van der Waals surface area contributed by atoms with Gasteiger partial charge in [0.05, 0.1) is 0 Å². The lowest BCUT2D eigenvalue weighted by molar-refractivity contribution is -0.153. The molecular weight excluding hydrogens is 228 g/mol. The Labute approximate surface area is 95.4 Å². The third-order valence-corrected chi connectivity index (χ3v) is 3.36. The third-order valence-electron chi connectivity index (χ3n) is 2.38. The van der Waals surface area contributed by atoms with Crippen LogP contribution in [0.15, 0.2) is 29.6 Å². The van der Waals surface area contributed by atoms with E-state index >= 15 is 0 Å². The highest BCUT2D eigenvalue weighted by Gasteiger charge is 2.26. The number of thiophene rings is 1. The van der Waals surface area contributed by atoms with E-state index in [9.17, 15) is 15.0 Å². The van der Waals surface area contributed by atoms with E-state index < -0.39 is 18.2 Å². The smallest absolute Gasteiger partial charge is 0.335 e. The first-order valence-corrected chi connectivity index (χ1v) is 5.54. The summed E-state index contributed by atoms with van der Waals surface area (Å²) in [6, 6.07) is 7.09. The maximum absolute atomic E-state index is 10.6. The van der Waals surface area contributed by atoms with Gasteiger partial charge in [0.15, 0.2) is 6.10 Å². The Hall–Kier alpha value is -1.43. The molecule has 3 N–H and O–H groups in total. The lowest BCUT2D eigenvalue weighted by Crippen LogP contribution is -2.27. The molecule has 1 aromatic heterocycles. The summed E-state index contributed by atoms with van der Waals surface area (Å²) < 4.78 is 0.801. The van der Waals surface area contributed by atoms with Gasteiger partial charge >= 0.3 is 5.97 Å². The molecule has 2 rings (SSSR count). The number of benzene rings is 1. The van der Waals surface area contributed by atoms with Crippen LogP contribution in [0.1, 0.15) is 11.7 Å². The molecule has 5 heteroatoms. The first-order chi connectivity index (χ1) is 7.61. The molecule has 0 aliphatic carbocycles. The number of aliphatic carboxylic acids is 1. The molecule has 0 saturated carbocycles. The van der Waals surface area contributed by atoms with Crippen molar-refractivity contribution in [3.63, 3.8) is 0 Å². The maximum atomic E-state index is 10.6. The highest BCUT2D eigenvalue weighted by Crippen LogP contribution is 2.30. The molecule has 0 amide bonds. The fourth-order valence-corrected chi connectivity index (χ4v) is 2.50. The van der Waals surface area contributed by atoms with Crippen molar-refractivity contribution in [3.8, 4) is 0 Å². The fourth-order valence-electron chi connectivity index (χ4n) is 1.55. The number of hydrogen-bond acceptors (Lipinski definition) is 4. The Morgan fingerprint density at radius 1 is 1.25 bits per heavy atom. The molecule has 2 aromatic rings. The van der Waals surface area contributed by atoms with Gasteiger partial charge in [-0.25, -0.2) is 4.79 Å². The highest BCUT2D eigenvalue weighted by molar-refractivity contribution is 7.17. The molecule has 0 radical (unpaired) electrons. The number of carboxylic acids is 1. The van der Waals surface area contributed by atoms with Gasteiger partial charge in [-0.05, 0) is 16.8 Å². The van der Waals surface area contributed by atoms with E-state index in [-0.39, 0.29) is 0 Å². The van der Waals surface area contributed by atoms with Crippen LogP contribution in [0.2, 0.25) is 0 Å². The van der Waals surface area contributed by atoms with Crippen molar-refractivity contribution in [2.75, 3.05) is 0 Å². The Kier molecular flexibility index (Phi) is 2.91. The van der Waals surface area contributed by atoms with Gasteiger partial charge in [0.2, 0.25) is 0 Å². The van der Waals surface area contributed by atoms with Crippen LogP contribution in [-0.4, -0.2) is 27.4 Å². The molecule has 2 unspecified atom stereocenters. The fraction of sp³-hybridized carbons (Fsp3) is 0.182. The summed E-state index contributed by atoms with van der Waals surface area (Å²) in [7, 11) is 0. The second-order valence-electron chi connectivity index (χ2n) is 3.41. The van der Waals surface area contributed by atoms with Gasteiger partial charge in [-0.2, -0.15) is 0 Å². The molecule has 4 nitrogen and oxygen atoms in total. The highest BCUT2D eigenvalue weighted by atomic mass is 32.1. The van der Waals surface area contributed by atoms with Crippen molar-refractivity contribution in [2.24, 2.45) is 0 Å². The van der Waals surface area contributed by atoms with Crippen LogP contribution < -0.4 is 0 Å². The minimum atomic E-state index is -1.80. The zero-order valence-corrected chi connectivity index (χ0v) is 9.02. The third kappa shape index (κ3) is 1.80. The molecular formula is C11H10O4S. The van der Waals surface area contributed by atoms with E-state index in [0.29, 0.717) is 5.56 Å². The van der Waals surface area contributed by atoms with Crippen LogP contribution in [-0.2, 0) is 4.79 Å². The summed E-state index contributed by atoms with van der Waals surface area (Å²) in [6.07, 6.45) is -3.20. The van der Waals surface area contributed by atoms with E-state index in [4.69, 9.17) is 5.11 Å². The number of aliphatic hydroxyl groups excluding tert-OH is 2. The Bertz CT molecular complexity index is 519. The first kappa shape index (κ1) is 11.1.